The van der Waals surface area contributed by atoms with E-state index >= 15 is 0 Å². The molecule has 2 amide bonds. The Bertz CT molecular complexity index is 1830. The Hall–Kier alpha value is -3.96. The lowest BCUT2D eigenvalue weighted by atomic mass is 9.88. The van der Waals surface area contributed by atoms with Crippen molar-refractivity contribution in [2.75, 3.05) is 51.6 Å². The third kappa shape index (κ3) is 10.8. The number of amides is 2. The van der Waals surface area contributed by atoms with Gasteiger partial charge in [0.25, 0.3) is 0 Å². The van der Waals surface area contributed by atoms with E-state index in [-0.39, 0.29) is 30.1 Å². The van der Waals surface area contributed by atoms with Crippen LogP contribution in [-0.4, -0.2) is 84.3 Å². The zero-order valence-corrected chi connectivity index (χ0v) is 31.7. The Morgan fingerprint density at radius 1 is 0.849 bits per heavy atom. The standard InChI is InChI=1S/C42H47ClF2N4O3S/c1-2-53-39-27-37(45)13-11-34(39)28-48-21-23-49(24-22-48)41(50)40(46-42(51)52-29-30-7-4-3-5-8-30)31-15-18-47(19-16-31)20-17-33-25-35(43)12-14-38(33)32-9-6-10-36(44)26-32/h3-14,25-27,31,40H,2,15-24,28-29H2,1H3,(H,46,51)/t40-/m1/s1. The maximum Gasteiger partial charge on any atom is 0.408 e. The van der Waals surface area contributed by atoms with E-state index in [9.17, 15) is 18.4 Å². The topological polar surface area (TPSA) is 65.1 Å². The van der Waals surface area contributed by atoms with Crippen molar-refractivity contribution in [3.63, 3.8) is 0 Å². The van der Waals surface area contributed by atoms with Gasteiger partial charge in [-0.2, -0.15) is 0 Å². The minimum absolute atomic E-state index is 0.0529. The van der Waals surface area contributed by atoms with Crippen molar-refractivity contribution in [1.82, 2.24) is 20.0 Å². The number of piperazine rings is 1. The Balaban J connectivity index is 1.08. The van der Waals surface area contributed by atoms with E-state index in [0.29, 0.717) is 37.7 Å². The number of nitrogens with zero attached hydrogens (tertiary/aromatic N) is 3. The van der Waals surface area contributed by atoms with Gasteiger partial charge in [0, 0.05) is 49.2 Å². The summed E-state index contributed by atoms with van der Waals surface area (Å²) < 4.78 is 33.6. The van der Waals surface area contributed by atoms with Crippen LogP contribution in [0.15, 0.2) is 95.9 Å². The van der Waals surface area contributed by atoms with Crippen LogP contribution in [0.2, 0.25) is 5.02 Å². The molecule has 7 nitrogen and oxygen atoms in total. The molecule has 4 aromatic carbocycles. The summed E-state index contributed by atoms with van der Waals surface area (Å²) >= 11 is 8.02. The number of rotatable bonds is 13. The van der Waals surface area contributed by atoms with Crippen molar-refractivity contribution in [3.8, 4) is 11.1 Å². The summed E-state index contributed by atoms with van der Waals surface area (Å²) in [5, 5.41) is 3.61. The van der Waals surface area contributed by atoms with Crippen LogP contribution >= 0.6 is 23.4 Å². The fourth-order valence-electron chi connectivity index (χ4n) is 7.28. The van der Waals surface area contributed by atoms with Gasteiger partial charge in [0.1, 0.15) is 24.3 Å². The first-order valence-electron chi connectivity index (χ1n) is 18.4. The molecule has 4 aromatic rings. The summed E-state index contributed by atoms with van der Waals surface area (Å²) in [7, 11) is 0. The number of likely N-dealkylation sites (tertiary alicyclic amines) is 1. The van der Waals surface area contributed by atoms with Gasteiger partial charge in [0.2, 0.25) is 5.91 Å². The molecule has 1 atom stereocenters. The summed E-state index contributed by atoms with van der Waals surface area (Å²) in [5.74, 6) is 0.214. The molecule has 6 rings (SSSR count). The predicted molar refractivity (Wildman–Crippen MR) is 208 cm³/mol. The highest BCUT2D eigenvalue weighted by Gasteiger charge is 2.36. The van der Waals surface area contributed by atoms with E-state index in [1.165, 1.54) is 12.1 Å². The van der Waals surface area contributed by atoms with Gasteiger partial charge in [-0.1, -0.05) is 73.1 Å². The highest BCUT2D eigenvalue weighted by atomic mass is 35.5. The van der Waals surface area contributed by atoms with Gasteiger partial charge in [0.15, 0.2) is 0 Å². The minimum Gasteiger partial charge on any atom is -0.445 e. The smallest absolute Gasteiger partial charge is 0.408 e. The molecule has 0 radical (unpaired) electrons. The number of hydrogen-bond donors (Lipinski definition) is 1. The Morgan fingerprint density at radius 3 is 2.34 bits per heavy atom. The van der Waals surface area contributed by atoms with Crippen LogP contribution in [0, 0.1) is 17.6 Å². The third-order valence-corrected chi connectivity index (χ3v) is 11.4. The van der Waals surface area contributed by atoms with E-state index in [1.54, 1.807) is 30.0 Å². The maximum atomic E-state index is 14.2. The van der Waals surface area contributed by atoms with Crippen LogP contribution in [0.3, 0.4) is 0 Å². The molecule has 2 aliphatic heterocycles. The molecule has 0 saturated carbocycles. The molecule has 0 aromatic heterocycles. The summed E-state index contributed by atoms with van der Waals surface area (Å²) in [6.07, 6.45) is 1.62. The van der Waals surface area contributed by atoms with Crippen molar-refractivity contribution < 1.29 is 23.1 Å². The Morgan fingerprint density at radius 2 is 1.60 bits per heavy atom. The molecule has 2 heterocycles. The number of halogens is 3. The molecule has 0 bridgehead atoms. The molecule has 280 valence electrons. The van der Waals surface area contributed by atoms with Crippen molar-refractivity contribution in [2.45, 2.75) is 50.3 Å². The monoisotopic (exact) mass is 760 g/mol. The lowest BCUT2D eigenvalue weighted by Crippen LogP contribution is -2.58. The van der Waals surface area contributed by atoms with Crippen LogP contribution in [0.4, 0.5) is 13.6 Å². The van der Waals surface area contributed by atoms with Gasteiger partial charge >= 0.3 is 6.09 Å². The molecule has 11 heteroatoms. The van der Waals surface area contributed by atoms with Crippen molar-refractivity contribution in [2.24, 2.45) is 5.92 Å². The second-order valence-corrected chi connectivity index (χ2v) is 15.5. The van der Waals surface area contributed by atoms with E-state index < -0.39 is 12.1 Å². The molecule has 53 heavy (non-hydrogen) atoms. The molecule has 0 unspecified atom stereocenters. The average Bonchev–Trinajstić information content (AvgIpc) is 3.17. The quantitative estimate of drug-likeness (QED) is 0.139. The summed E-state index contributed by atoms with van der Waals surface area (Å²) in [6.45, 7) is 7.65. The Kier molecular flexibility index (Phi) is 13.8. The lowest BCUT2D eigenvalue weighted by molar-refractivity contribution is -0.137. The highest BCUT2D eigenvalue weighted by molar-refractivity contribution is 7.99. The fraction of sp³-hybridized carbons (Fsp3) is 0.381. The van der Waals surface area contributed by atoms with E-state index in [2.05, 4.69) is 22.0 Å². The maximum absolute atomic E-state index is 14.2. The molecular weight excluding hydrogens is 714 g/mol. The SMILES string of the molecule is CCSc1cc(F)ccc1CN1CCN(C(=O)[C@H](NC(=O)OCc2ccccc2)C2CCN(CCc3cc(Cl)ccc3-c3cccc(F)c3)CC2)CC1. The number of ether oxygens (including phenoxy) is 1. The number of alkyl carbamates (subject to hydrolysis) is 1. The first-order valence-corrected chi connectivity index (χ1v) is 19.8. The van der Waals surface area contributed by atoms with Crippen molar-refractivity contribution in [1.29, 1.82) is 0 Å². The molecule has 2 fully saturated rings. The van der Waals surface area contributed by atoms with Crippen LogP contribution in [0.1, 0.15) is 36.5 Å². The summed E-state index contributed by atoms with van der Waals surface area (Å²) in [6, 6.07) is 26.1. The van der Waals surface area contributed by atoms with Gasteiger partial charge in [-0.15, -0.1) is 11.8 Å². The fourth-order valence-corrected chi connectivity index (χ4v) is 8.30. The average molecular weight is 761 g/mol. The predicted octanol–water partition coefficient (Wildman–Crippen LogP) is 8.29. The number of carbonyl (C=O) groups is 2. The number of nitrogens with one attached hydrogen (secondary N) is 1. The molecule has 0 aliphatic carbocycles. The second-order valence-electron chi connectivity index (χ2n) is 13.7. The third-order valence-electron chi connectivity index (χ3n) is 10.2. The van der Waals surface area contributed by atoms with Crippen LogP contribution in [-0.2, 0) is 29.1 Å². The van der Waals surface area contributed by atoms with Crippen molar-refractivity contribution in [3.05, 3.63) is 124 Å². The number of thioether (sulfide) groups is 1. The molecule has 2 aliphatic rings. The largest absolute Gasteiger partial charge is 0.445 e. The molecule has 1 N–H and O–H groups in total. The molecule has 2 saturated heterocycles. The van der Waals surface area contributed by atoms with Crippen molar-refractivity contribution >= 4 is 35.4 Å². The zero-order chi connectivity index (χ0) is 37.2. The lowest BCUT2D eigenvalue weighted by Gasteiger charge is -2.40. The second kappa shape index (κ2) is 18.9. The zero-order valence-electron chi connectivity index (χ0n) is 30.1. The van der Waals surface area contributed by atoms with Gasteiger partial charge in [-0.05, 0) is 108 Å². The highest BCUT2D eigenvalue weighted by Crippen LogP contribution is 2.30. The van der Waals surface area contributed by atoms with E-state index in [4.69, 9.17) is 16.3 Å². The number of benzene rings is 4. The number of hydrogen-bond acceptors (Lipinski definition) is 6. The minimum atomic E-state index is -0.705. The Labute approximate surface area is 320 Å². The summed E-state index contributed by atoms with van der Waals surface area (Å²) in [4.78, 5) is 34.9. The van der Waals surface area contributed by atoms with E-state index in [0.717, 1.165) is 77.4 Å². The van der Waals surface area contributed by atoms with Crippen LogP contribution in [0.5, 0.6) is 0 Å². The number of piperidine rings is 1. The first-order chi connectivity index (χ1) is 25.7. The summed E-state index contributed by atoms with van der Waals surface area (Å²) in [5.41, 5.74) is 4.80. The van der Waals surface area contributed by atoms with E-state index in [1.807, 2.05) is 65.6 Å². The number of carbonyl (C=O) groups excluding carboxylic acids is 2. The molecule has 0 spiro atoms. The van der Waals surface area contributed by atoms with Crippen LogP contribution in [0.25, 0.3) is 11.1 Å². The first kappa shape index (κ1) is 38.8. The normalized spacial score (nSPS) is 16.3. The van der Waals surface area contributed by atoms with Gasteiger partial charge in [-0.25, -0.2) is 13.6 Å². The van der Waals surface area contributed by atoms with Gasteiger partial charge in [-0.3, -0.25) is 9.69 Å². The van der Waals surface area contributed by atoms with Gasteiger partial charge < -0.3 is 19.9 Å². The van der Waals surface area contributed by atoms with Gasteiger partial charge in [0.05, 0.1) is 0 Å². The molecular formula is C42H47ClF2N4O3S. The van der Waals surface area contributed by atoms with Crippen LogP contribution < -0.4 is 5.32 Å².